The number of hydrogen-bond donors (Lipinski definition) is 2. The molecule has 3 aliphatic heterocycles. The Morgan fingerprint density at radius 3 is 2.05 bits per heavy atom. The topological polar surface area (TPSA) is 99.5 Å². The molecule has 298 valence electrons. The maximum Gasteiger partial charge on any atom is 0.416 e. The molecule has 4 heterocycles. The van der Waals surface area contributed by atoms with E-state index in [1.165, 1.54) is 28.1 Å². The van der Waals surface area contributed by atoms with Crippen molar-refractivity contribution < 1.29 is 32.2 Å². The molecular weight excluding hydrogens is 1030 g/mol. The molecule has 0 unspecified atom stereocenters. The molecule has 22 heteroatoms. The molecule has 0 atom stereocenters. The van der Waals surface area contributed by atoms with E-state index in [0.29, 0.717) is 61.4 Å². The minimum Gasteiger partial charge on any atom is -0.491 e. The Balaban J connectivity index is 0.000000160. The van der Waals surface area contributed by atoms with Gasteiger partial charge in [-0.15, -0.1) is 10.2 Å². The fourth-order valence-corrected chi connectivity index (χ4v) is 15.8. The molecule has 1 amide bonds. The molecule has 0 radical (unpaired) electrons. The molecule has 9 nitrogen and oxygen atoms in total. The van der Waals surface area contributed by atoms with Gasteiger partial charge in [-0.3, -0.25) is 4.79 Å². The summed E-state index contributed by atoms with van der Waals surface area (Å²) in [6.45, 7) is 3.68. The maximum atomic E-state index is 12.7. The number of rotatable bonds is 2. The second-order valence-corrected chi connectivity index (χ2v) is 23.3. The fraction of sp³-hybridized carbons (Fsp3) is 0.200. The predicted octanol–water partition coefficient (Wildman–Crippen LogP) is 9.41. The van der Waals surface area contributed by atoms with Crippen molar-refractivity contribution in [1.29, 1.82) is 0 Å². The summed E-state index contributed by atoms with van der Waals surface area (Å²) in [4.78, 5) is 12.2. The number of halogens is 5. The Bertz CT molecular complexity index is 2330. The zero-order valence-corrected chi connectivity index (χ0v) is 38.9. The van der Waals surface area contributed by atoms with Crippen LogP contribution in [0.4, 0.5) is 13.2 Å². The lowest BCUT2D eigenvalue weighted by Crippen LogP contribution is -2.24. The standard InChI is InChI=1S/C17H12F3N3O.C9H8BrNO2.C9H8BrNOS.P2S5/c18-17(19,20)13-4-1-11(2-5-13)12-3-6-15-14(9-12)16-22-21-10-23(16)7-8-24-15;10-6-1-2-8-7(5-6)9(12)11-3-4-13-8;10-6-1-2-8-7(5-6)9(13)11-3-4-12-8;3-1-2-5-7-6-4/h1-6,9-10H,7-8H2;1-2,5H,3-4H2,(H,11,12);1-2,5H,3-4H2,(H,11,13);. The van der Waals surface area contributed by atoms with Crippen LogP contribution in [0.1, 0.15) is 21.5 Å². The van der Waals surface area contributed by atoms with Crippen LogP contribution >= 0.6 is 58.2 Å². The van der Waals surface area contributed by atoms with E-state index in [4.69, 9.17) is 26.4 Å². The van der Waals surface area contributed by atoms with E-state index in [9.17, 15) is 18.0 Å². The summed E-state index contributed by atoms with van der Waals surface area (Å²) in [5.41, 5.74) is 3.16. The summed E-state index contributed by atoms with van der Waals surface area (Å²) < 4.78 is 58.4. The molecular formula is C35H28Br2F3N5O4P2S6. The number of fused-ring (bicyclic) bond motifs is 5. The summed E-state index contributed by atoms with van der Waals surface area (Å²) in [5, 5.41) is 13.9. The maximum absolute atomic E-state index is 12.7. The van der Waals surface area contributed by atoms with Crippen molar-refractivity contribution >= 4 is 119 Å². The van der Waals surface area contributed by atoms with Gasteiger partial charge in [-0.25, -0.2) is 0 Å². The Morgan fingerprint density at radius 1 is 0.789 bits per heavy atom. The zero-order chi connectivity index (χ0) is 40.8. The third-order valence-electron chi connectivity index (χ3n) is 7.76. The number of alkyl halides is 3. The number of benzene rings is 4. The molecule has 3 aliphatic rings. The second kappa shape index (κ2) is 22.6. The van der Waals surface area contributed by atoms with E-state index in [0.717, 1.165) is 62.1 Å². The van der Waals surface area contributed by atoms with E-state index in [-0.39, 0.29) is 5.91 Å². The number of nitrogens with zero attached hydrogens (tertiary/aromatic N) is 3. The number of amides is 1. The first kappa shape index (κ1) is 45.3. The monoisotopic (exact) mass is 1050 g/mol. The van der Waals surface area contributed by atoms with Crippen LogP contribution in [0.25, 0.3) is 22.5 Å². The van der Waals surface area contributed by atoms with Gasteiger partial charge in [-0.2, -0.15) is 13.2 Å². The lowest BCUT2D eigenvalue weighted by molar-refractivity contribution is -0.137. The highest BCUT2D eigenvalue weighted by Crippen LogP contribution is 2.36. The molecule has 0 bridgehead atoms. The molecule has 1 aromatic heterocycles. The molecule has 4 aromatic carbocycles. The summed E-state index contributed by atoms with van der Waals surface area (Å²) in [5.74, 6) is 2.82. The number of hydrogen-bond acceptors (Lipinski definition) is 9. The number of ether oxygens (including phenoxy) is 3. The van der Waals surface area contributed by atoms with E-state index in [1.54, 1.807) is 36.8 Å². The van der Waals surface area contributed by atoms with Crippen molar-refractivity contribution in [1.82, 2.24) is 25.4 Å². The van der Waals surface area contributed by atoms with Crippen LogP contribution in [0, 0.1) is 0 Å². The SMILES string of the molecule is FC(F)(F)c1ccc(-c2ccc3c(c2)-c2nncn2CCO3)cc1.O=C1NCCOc2ccc(Br)cc21.S=C1NCCOc2ccc(Br)cc21.S=PP=S=S=S=S. The number of aromatic nitrogens is 3. The van der Waals surface area contributed by atoms with Crippen LogP contribution in [-0.2, 0) is 63.0 Å². The quantitative estimate of drug-likeness (QED) is 0.132. The van der Waals surface area contributed by atoms with Gasteiger partial charge in [0.15, 0.2) is 5.82 Å². The van der Waals surface area contributed by atoms with Gasteiger partial charge >= 0.3 is 6.18 Å². The van der Waals surface area contributed by atoms with Gasteiger partial charge in [0.2, 0.25) is 0 Å². The lowest BCUT2D eigenvalue weighted by atomic mass is 10.0. The average molecular weight is 1050 g/mol. The van der Waals surface area contributed by atoms with Crippen molar-refractivity contribution in [3.05, 3.63) is 111 Å². The summed E-state index contributed by atoms with van der Waals surface area (Å²) >= 11 is 21.1. The normalized spacial score (nSPS) is 13.8. The Labute approximate surface area is 369 Å². The zero-order valence-electron chi connectivity index (χ0n) is 29.0. The highest BCUT2D eigenvalue weighted by molar-refractivity contribution is 9.10. The summed E-state index contributed by atoms with van der Waals surface area (Å²) in [6.07, 6.45) is -2.70. The largest absolute Gasteiger partial charge is 0.491 e. The molecule has 0 fully saturated rings. The second-order valence-electron chi connectivity index (χ2n) is 11.3. The third-order valence-corrected chi connectivity index (χ3v) is 19.1. The highest BCUT2D eigenvalue weighted by atomic mass is 79.9. The van der Waals surface area contributed by atoms with Crippen LogP contribution < -0.4 is 24.8 Å². The molecule has 0 spiro atoms. The average Bonchev–Trinajstić information content (AvgIpc) is 3.38. The smallest absolute Gasteiger partial charge is 0.416 e. The molecule has 0 aliphatic carbocycles. The van der Waals surface area contributed by atoms with E-state index in [2.05, 4.69) is 75.7 Å². The highest BCUT2D eigenvalue weighted by Gasteiger charge is 2.30. The van der Waals surface area contributed by atoms with Gasteiger partial charge in [-0.1, -0.05) is 62.3 Å². The first-order chi connectivity index (χ1) is 27.5. The molecule has 2 N–H and O–H groups in total. The van der Waals surface area contributed by atoms with Crippen LogP contribution in [0.15, 0.2) is 94.1 Å². The minimum absolute atomic E-state index is 0.0752. The van der Waals surface area contributed by atoms with Crippen molar-refractivity contribution in [3.8, 4) is 39.8 Å². The summed E-state index contributed by atoms with van der Waals surface area (Å²) in [7, 11) is 6.83. The van der Waals surface area contributed by atoms with Gasteiger partial charge in [0.1, 0.15) is 48.4 Å². The predicted molar refractivity (Wildman–Crippen MR) is 243 cm³/mol. The molecule has 5 aromatic rings. The molecule has 57 heavy (non-hydrogen) atoms. The molecule has 8 rings (SSSR count). The van der Waals surface area contributed by atoms with Crippen LogP contribution in [-0.4, -0.2) is 58.6 Å². The van der Waals surface area contributed by atoms with Gasteiger partial charge < -0.3 is 29.4 Å². The first-order valence-electron chi connectivity index (χ1n) is 16.4. The molecule has 0 saturated carbocycles. The fourth-order valence-electron chi connectivity index (χ4n) is 5.24. The Kier molecular flexibility index (Phi) is 17.9. The Morgan fingerprint density at radius 2 is 1.39 bits per heavy atom. The third kappa shape index (κ3) is 13.4. The van der Waals surface area contributed by atoms with Crippen LogP contribution in [0.2, 0.25) is 0 Å². The van der Waals surface area contributed by atoms with E-state index >= 15 is 0 Å². The number of carbonyl (C=O) groups excluding carboxylic acids is 1. The minimum atomic E-state index is -4.34. The first-order valence-corrected chi connectivity index (χ1v) is 26.9. The van der Waals surface area contributed by atoms with Gasteiger partial charge in [-0.05, 0) is 122 Å². The van der Waals surface area contributed by atoms with Gasteiger partial charge in [0.05, 0.1) is 35.3 Å². The summed E-state index contributed by atoms with van der Waals surface area (Å²) in [6, 6.07) is 21.9. The Hall–Kier alpha value is -2.77. The van der Waals surface area contributed by atoms with Crippen LogP contribution in [0.5, 0.6) is 17.2 Å². The number of thiocarbonyl (C=S) groups is 1. The van der Waals surface area contributed by atoms with Crippen molar-refractivity contribution in [2.75, 3.05) is 32.9 Å². The van der Waals surface area contributed by atoms with E-state index in [1.807, 2.05) is 47.0 Å². The lowest BCUT2D eigenvalue weighted by Gasteiger charge is -2.10. The molecule has 0 saturated heterocycles. The van der Waals surface area contributed by atoms with Crippen molar-refractivity contribution in [2.45, 2.75) is 12.7 Å². The number of carbonyl (C=O) groups is 1. The van der Waals surface area contributed by atoms with Crippen molar-refractivity contribution in [2.24, 2.45) is 0 Å². The van der Waals surface area contributed by atoms with Crippen molar-refractivity contribution in [3.63, 3.8) is 0 Å². The van der Waals surface area contributed by atoms with E-state index < -0.39 is 11.7 Å². The van der Waals surface area contributed by atoms with Gasteiger partial charge in [0.25, 0.3) is 5.91 Å². The number of nitrogens with one attached hydrogen (secondary N) is 2. The van der Waals surface area contributed by atoms with Crippen LogP contribution in [0.3, 0.4) is 0 Å². The van der Waals surface area contributed by atoms with Gasteiger partial charge in [0, 0.05) is 29.6 Å².